The van der Waals surface area contributed by atoms with Gasteiger partial charge in [0.15, 0.2) is 0 Å². The monoisotopic (exact) mass is 276 g/mol. The number of benzene rings is 1. The van der Waals surface area contributed by atoms with Gasteiger partial charge in [0.1, 0.15) is 11.3 Å². The Balaban J connectivity index is 3.24. The van der Waals surface area contributed by atoms with E-state index in [1.54, 1.807) is 6.92 Å². The second kappa shape index (κ2) is 5.73. The Morgan fingerprint density at radius 2 is 1.89 bits per heavy atom. The molecule has 0 heterocycles. The van der Waals surface area contributed by atoms with Gasteiger partial charge in [0, 0.05) is 6.92 Å². The van der Waals surface area contributed by atoms with Crippen molar-refractivity contribution in [2.75, 3.05) is 6.61 Å². The number of carbonyl (C=O) groups is 2. The van der Waals surface area contributed by atoms with Crippen LogP contribution in [0.3, 0.4) is 0 Å². The zero-order valence-corrected chi connectivity index (χ0v) is 10.2. The van der Waals surface area contributed by atoms with E-state index in [4.69, 9.17) is 0 Å². The molecule has 0 atom stereocenters. The van der Waals surface area contributed by atoms with Crippen LogP contribution in [0.15, 0.2) is 18.2 Å². The number of hydrogen-bond donors (Lipinski definition) is 0. The molecule has 0 radical (unpaired) electrons. The van der Waals surface area contributed by atoms with E-state index in [0.29, 0.717) is 6.07 Å². The number of hydrogen-bond acceptors (Lipinski definition) is 4. The maximum absolute atomic E-state index is 12.5. The van der Waals surface area contributed by atoms with Crippen molar-refractivity contribution in [3.63, 3.8) is 0 Å². The third-order valence-corrected chi connectivity index (χ3v) is 2.06. The summed E-state index contributed by atoms with van der Waals surface area (Å²) in [5.41, 5.74) is -1.25. The van der Waals surface area contributed by atoms with Gasteiger partial charge >= 0.3 is 18.1 Å². The fourth-order valence-corrected chi connectivity index (χ4v) is 1.32. The average Bonchev–Trinajstić information content (AvgIpc) is 2.27. The zero-order chi connectivity index (χ0) is 14.6. The van der Waals surface area contributed by atoms with Crippen LogP contribution in [0, 0.1) is 0 Å². The number of rotatable bonds is 3. The van der Waals surface area contributed by atoms with Crippen molar-refractivity contribution in [3.05, 3.63) is 29.3 Å². The van der Waals surface area contributed by atoms with Gasteiger partial charge in [-0.1, -0.05) is 0 Å². The lowest BCUT2D eigenvalue weighted by Crippen LogP contribution is -2.13. The van der Waals surface area contributed by atoms with Gasteiger partial charge in [0.05, 0.1) is 12.2 Å². The van der Waals surface area contributed by atoms with Gasteiger partial charge in [0.2, 0.25) is 0 Å². The van der Waals surface area contributed by atoms with Gasteiger partial charge in [0.25, 0.3) is 0 Å². The first-order valence-electron chi connectivity index (χ1n) is 5.32. The Morgan fingerprint density at radius 3 is 2.37 bits per heavy atom. The molecule has 1 aromatic carbocycles. The summed E-state index contributed by atoms with van der Waals surface area (Å²) in [4.78, 5) is 22.4. The third kappa shape index (κ3) is 3.97. The van der Waals surface area contributed by atoms with Crippen molar-refractivity contribution in [1.29, 1.82) is 0 Å². The van der Waals surface area contributed by atoms with E-state index in [1.165, 1.54) is 0 Å². The minimum absolute atomic E-state index is 0.0549. The highest BCUT2D eigenvalue weighted by Gasteiger charge is 2.32. The van der Waals surface area contributed by atoms with E-state index < -0.39 is 29.4 Å². The fraction of sp³-hybridized carbons (Fsp3) is 0.333. The molecule has 104 valence electrons. The summed E-state index contributed by atoms with van der Waals surface area (Å²) in [5.74, 6) is -2.15. The third-order valence-electron chi connectivity index (χ3n) is 2.06. The highest BCUT2D eigenvalue weighted by atomic mass is 19.4. The molecule has 0 fully saturated rings. The molecule has 1 rings (SSSR count). The van der Waals surface area contributed by atoms with E-state index in [9.17, 15) is 22.8 Å². The predicted octanol–water partition coefficient (Wildman–Crippen LogP) is 2.81. The topological polar surface area (TPSA) is 52.6 Å². The SMILES string of the molecule is CCOC(=O)c1ccc(C(F)(F)F)cc1OC(C)=O. The molecule has 0 amide bonds. The second-order valence-electron chi connectivity index (χ2n) is 3.52. The Labute approximate surface area is 107 Å². The molecular weight excluding hydrogens is 265 g/mol. The van der Waals surface area contributed by atoms with Crippen LogP contribution in [0.25, 0.3) is 0 Å². The lowest BCUT2D eigenvalue weighted by molar-refractivity contribution is -0.138. The maximum atomic E-state index is 12.5. The minimum atomic E-state index is -4.60. The van der Waals surface area contributed by atoms with Crippen LogP contribution in [0.4, 0.5) is 13.2 Å². The summed E-state index contributed by atoms with van der Waals surface area (Å²) in [6.07, 6.45) is -4.60. The highest BCUT2D eigenvalue weighted by molar-refractivity contribution is 5.93. The quantitative estimate of drug-likeness (QED) is 0.629. The van der Waals surface area contributed by atoms with Gasteiger partial charge in [-0.3, -0.25) is 4.79 Å². The molecule has 0 saturated carbocycles. The molecule has 0 aliphatic heterocycles. The minimum Gasteiger partial charge on any atom is -0.462 e. The number of carbonyl (C=O) groups excluding carboxylic acids is 2. The van der Waals surface area contributed by atoms with E-state index in [2.05, 4.69) is 9.47 Å². The summed E-state index contributed by atoms with van der Waals surface area (Å²) in [7, 11) is 0. The van der Waals surface area contributed by atoms with E-state index in [1.807, 2.05) is 0 Å². The molecule has 0 bridgehead atoms. The van der Waals surface area contributed by atoms with Gasteiger partial charge in [-0.05, 0) is 25.1 Å². The molecule has 19 heavy (non-hydrogen) atoms. The Bertz CT molecular complexity index is 494. The molecule has 0 aliphatic rings. The number of alkyl halides is 3. The first-order valence-corrected chi connectivity index (χ1v) is 5.32. The molecule has 4 nitrogen and oxygen atoms in total. The predicted molar refractivity (Wildman–Crippen MR) is 58.7 cm³/mol. The second-order valence-corrected chi connectivity index (χ2v) is 3.52. The van der Waals surface area contributed by atoms with Gasteiger partial charge in [-0.25, -0.2) is 4.79 Å². The maximum Gasteiger partial charge on any atom is 0.416 e. The van der Waals surface area contributed by atoms with Crippen LogP contribution in [-0.2, 0) is 15.7 Å². The molecule has 0 N–H and O–H groups in total. The highest BCUT2D eigenvalue weighted by Crippen LogP contribution is 2.33. The zero-order valence-electron chi connectivity index (χ0n) is 10.2. The largest absolute Gasteiger partial charge is 0.462 e. The first kappa shape index (κ1) is 15.0. The summed E-state index contributed by atoms with van der Waals surface area (Å²) < 4.78 is 46.9. The van der Waals surface area contributed by atoms with E-state index >= 15 is 0 Å². The van der Waals surface area contributed by atoms with Crippen molar-refractivity contribution < 1.29 is 32.2 Å². The lowest BCUT2D eigenvalue weighted by atomic mass is 10.1. The van der Waals surface area contributed by atoms with Crippen LogP contribution in [0.1, 0.15) is 29.8 Å². The van der Waals surface area contributed by atoms with Crippen LogP contribution < -0.4 is 4.74 Å². The Hall–Kier alpha value is -2.05. The van der Waals surface area contributed by atoms with E-state index in [0.717, 1.165) is 19.1 Å². The van der Waals surface area contributed by atoms with Crippen LogP contribution >= 0.6 is 0 Å². The molecule has 0 aliphatic carbocycles. The molecule has 0 aromatic heterocycles. The van der Waals surface area contributed by atoms with Crippen LogP contribution in [0.2, 0.25) is 0 Å². The summed E-state index contributed by atoms with van der Waals surface area (Å²) in [5, 5.41) is 0. The van der Waals surface area contributed by atoms with Crippen molar-refractivity contribution in [2.24, 2.45) is 0 Å². The van der Waals surface area contributed by atoms with Gasteiger partial charge in [-0.15, -0.1) is 0 Å². The number of halogens is 3. The number of ether oxygens (including phenoxy) is 2. The molecule has 0 saturated heterocycles. The van der Waals surface area contributed by atoms with Crippen LogP contribution in [-0.4, -0.2) is 18.5 Å². The standard InChI is InChI=1S/C12H11F3O4/c1-3-18-11(17)9-5-4-8(12(13,14)15)6-10(9)19-7(2)16/h4-6H,3H2,1-2H3. The van der Waals surface area contributed by atoms with Crippen molar-refractivity contribution in [1.82, 2.24) is 0 Å². The lowest BCUT2D eigenvalue weighted by Gasteiger charge is -2.12. The summed E-state index contributed by atoms with van der Waals surface area (Å²) in [6, 6.07) is 2.23. The normalized spacial score (nSPS) is 11.0. The van der Waals surface area contributed by atoms with Crippen LogP contribution in [0.5, 0.6) is 5.75 Å². The first-order chi connectivity index (χ1) is 8.75. The van der Waals surface area contributed by atoms with Gasteiger partial charge in [-0.2, -0.15) is 13.2 Å². The fourth-order valence-electron chi connectivity index (χ4n) is 1.32. The smallest absolute Gasteiger partial charge is 0.416 e. The van der Waals surface area contributed by atoms with Crippen molar-refractivity contribution in [2.45, 2.75) is 20.0 Å². The molecule has 0 spiro atoms. The van der Waals surface area contributed by atoms with Crippen molar-refractivity contribution >= 4 is 11.9 Å². The molecule has 7 heteroatoms. The summed E-state index contributed by atoms with van der Waals surface area (Å²) in [6.45, 7) is 2.63. The summed E-state index contributed by atoms with van der Waals surface area (Å²) >= 11 is 0. The van der Waals surface area contributed by atoms with Crippen molar-refractivity contribution in [3.8, 4) is 5.75 Å². The molecule has 1 aromatic rings. The number of esters is 2. The van der Waals surface area contributed by atoms with E-state index in [-0.39, 0.29) is 12.2 Å². The Kier molecular flexibility index (Phi) is 4.52. The molecule has 0 unspecified atom stereocenters. The molecular formula is C12H11F3O4. The average molecular weight is 276 g/mol. The van der Waals surface area contributed by atoms with Gasteiger partial charge < -0.3 is 9.47 Å². The Morgan fingerprint density at radius 1 is 1.26 bits per heavy atom.